The Hall–Kier alpha value is -1.48. The van der Waals surface area contributed by atoms with E-state index in [1.165, 1.54) is 0 Å². The van der Waals surface area contributed by atoms with E-state index in [0.29, 0.717) is 5.02 Å². The van der Waals surface area contributed by atoms with Crippen molar-refractivity contribution in [1.82, 2.24) is 10.6 Å². The van der Waals surface area contributed by atoms with Crippen LogP contribution in [0.4, 0.5) is 4.79 Å². The molecular weight excluding hydrogens is 236 g/mol. The zero-order valence-electron chi connectivity index (χ0n) is 10.3. The zero-order chi connectivity index (χ0) is 12.9. The minimum Gasteiger partial charge on any atom is -0.333 e. The lowest BCUT2D eigenvalue weighted by Crippen LogP contribution is -2.44. The summed E-state index contributed by atoms with van der Waals surface area (Å²) in [6.07, 6.45) is 3.41. The average molecular weight is 253 g/mol. The number of carbonyl (C=O) groups is 1. The Balaban J connectivity index is 2.45. The number of rotatable bonds is 2. The molecule has 0 aliphatic rings. The van der Waals surface area contributed by atoms with Crippen LogP contribution in [0.3, 0.4) is 0 Å². The molecule has 0 aliphatic carbocycles. The summed E-state index contributed by atoms with van der Waals surface area (Å²) in [5.74, 6) is 0. The summed E-state index contributed by atoms with van der Waals surface area (Å²) in [7, 11) is 0. The first-order chi connectivity index (χ1) is 7.87. The maximum Gasteiger partial charge on any atom is 0.319 e. The normalized spacial score (nSPS) is 11.5. The number of amides is 2. The Kier molecular flexibility index (Phi) is 4.58. The van der Waals surface area contributed by atoms with Gasteiger partial charge in [-0.3, -0.25) is 0 Å². The first kappa shape index (κ1) is 13.6. The number of hydrogen-bond acceptors (Lipinski definition) is 1. The molecule has 0 saturated heterocycles. The summed E-state index contributed by atoms with van der Waals surface area (Å²) in [6.45, 7) is 5.78. The SMILES string of the molecule is CC(C)(C)NC(=O)N/C=C/c1ccc(Cl)cc1. The van der Waals surface area contributed by atoms with Crippen molar-refractivity contribution in [2.45, 2.75) is 26.3 Å². The van der Waals surface area contributed by atoms with Crippen LogP contribution >= 0.6 is 11.6 Å². The van der Waals surface area contributed by atoms with Gasteiger partial charge < -0.3 is 10.6 Å². The van der Waals surface area contributed by atoms with Gasteiger partial charge in [0.2, 0.25) is 0 Å². The Morgan fingerprint density at radius 2 is 1.82 bits per heavy atom. The number of carbonyl (C=O) groups excluding carboxylic acids is 1. The van der Waals surface area contributed by atoms with Crippen molar-refractivity contribution < 1.29 is 4.79 Å². The minimum absolute atomic E-state index is 0.220. The molecule has 1 rings (SSSR count). The summed E-state index contributed by atoms with van der Waals surface area (Å²) in [6, 6.07) is 7.14. The molecule has 0 saturated carbocycles. The molecular formula is C13H17ClN2O. The predicted molar refractivity (Wildman–Crippen MR) is 71.9 cm³/mol. The molecule has 0 fully saturated rings. The summed E-state index contributed by atoms with van der Waals surface area (Å²) >= 11 is 5.76. The van der Waals surface area contributed by atoms with Crippen LogP contribution in [0.1, 0.15) is 26.3 Å². The van der Waals surface area contributed by atoms with Gasteiger partial charge in [-0.2, -0.15) is 0 Å². The van der Waals surface area contributed by atoms with E-state index in [-0.39, 0.29) is 11.6 Å². The van der Waals surface area contributed by atoms with Crippen LogP contribution < -0.4 is 10.6 Å². The van der Waals surface area contributed by atoms with E-state index in [0.717, 1.165) is 5.56 Å². The molecule has 0 bridgehead atoms. The zero-order valence-corrected chi connectivity index (χ0v) is 11.0. The number of nitrogens with one attached hydrogen (secondary N) is 2. The lowest BCUT2D eigenvalue weighted by Gasteiger charge is -2.19. The van der Waals surface area contributed by atoms with Crippen LogP contribution in [0.15, 0.2) is 30.5 Å². The van der Waals surface area contributed by atoms with Crippen LogP contribution in [0, 0.1) is 0 Å². The van der Waals surface area contributed by atoms with E-state index in [4.69, 9.17) is 11.6 Å². The fraction of sp³-hybridized carbons (Fsp3) is 0.308. The topological polar surface area (TPSA) is 41.1 Å². The van der Waals surface area contributed by atoms with Gasteiger partial charge in [0.15, 0.2) is 0 Å². The van der Waals surface area contributed by atoms with Crippen molar-refractivity contribution in [3.05, 3.63) is 41.1 Å². The molecule has 0 aliphatic heterocycles. The first-order valence-corrected chi connectivity index (χ1v) is 5.75. The largest absolute Gasteiger partial charge is 0.333 e. The van der Waals surface area contributed by atoms with Gasteiger partial charge >= 0.3 is 6.03 Å². The second-order valence-electron chi connectivity index (χ2n) is 4.73. The highest BCUT2D eigenvalue weighted by atomic mass is 35.5. The lowest BCUT2D eigenvalue weighted by atomic mass is 10.1. The first-order valence-electron chi connectivity index (χ1n) is 5.38. The van der Waals surface area contributed by atoms with Gasteiger partial charge in [-0.15, -0.1) is 0 Å². The fourth-order valence-corrected chi connectivity index (χ4v) is 1.29. The van der Waals surface area contributed by atoms with Gasteiger partial charge in [-0.1, -0.05) is 23.7 Å². The third-order valence-corrected chi connectivity index (χ3v) is 2.10. The molecule has 2 N–H and O–H groups in total. The van der Waals surface area contributed by atoms with E-state index in [2.05, 4.69) is 10.6 Å². The molecule has 0 spiro atoms. The second kappa shape index (κ2) is 5.73. The van der Waals surface area contributed by atoms with Gasteiger partial charge in [-0.25, -0.2) is 4.79 Å². The molecule has 17 heavy (non-hydrogen) atoms. The summed E-state index contributed by atoms with van der Waals surface area (Å²) in [5.41, 5.74) is 0.739. The van der Waals surface area contributed by atoms with E-state index >= 15 is 0 Å². The molecule has 0 heterocycles. The van der Waals surface area contributed by atoms with Gasteiger partial charge in [0.1, 0.15) is 0 Å². The fourth-order valence-electron chi connectivity index (χ4n) is 1.16. The third-order valence-electron chi connectivity index (χ3n) is 1.85. The Labute approximate surface area is 107 Å². The minimum atomic E-state index is -0.238. The van der Waals surface area contributed by atoms with E-state index in [1.54, 1.807) is 24.4 Å². The standard InChI is InChI=1S/C13H17ClN2O/c1-13(2,3)16-12(17)15-9-8-10-4-6-11(14)7-5-10/h4-9H,1-3H3,(H2,15,16,17)/b9-8+. The monoisotopic (exact) mass is 252 g/mol. The van der Waals surface area contributed by atoms with E-state index < -0.39 is 0 Å². The molecule has 0 atom stereocenters. The van der Waals surface area contributed by atoms with Gasteiger partial charge in [0, 0.05) is 16.8 Å². The maximum atomic E-state index is 11.4. The van der Waals surface area contributed by atoms with Gasteiger partial charge in [-0.05, 0) is 44.5 Å². The Bertz CT molecular complexity index is 404. The molecule has 0 radical (unpaired) electrons. The molecule has 1 aromatic carbocycles. The van der Waals surface area contributed by atoms with Crippen LogP contribution in [0.2, 0.25) is 5.02 Å². The summed E-state index contributed by atoms with van der Waals surface area (Å²) < 4.78 is 0. The van der Waals surface area contributed by atoms with Crippen LogP contribution in [0.5, 0.6) is 0 Å². The third kappa shape index (κ3) is 5.97. The van der Waals surface area contributed by atoms with Crippen LogP contribution in [-0.2, 0) is 0 Å². The highest BCUT2D eigenvalue weighted by molar-refractivity contribution is 6.30. The molecule has 3 nitrogen and oxygen atoms in total. The molecule has 0 aromatic heterocycles. The van der Waals surface area contributed by atoms with Crippen molar-refractivity contribution in [1.29, 1.82) is 0 Å². The number of hydrogen-bond donors (Lipinski definition) is 2. The van der Waals surface area contributed by atoms with Crippen molar-refractivity contribution >= 4 is 23.7 Å². The molecule has 92 valence electrons. The number of halogens is 1. The summed E-state index contributed by atoms with van der Waals surface area (Å²) in [5, 5.41) is 6.13. The van der Waals surface area contributed by atoms with E-state index in [9.17, 15) is 4.79 Å². The van der Waals surface area contributed by atoms with Crippen molar-refractivity contribution in [2.75, 3.05) is 0 Å². The van der Waals surface area contributed by atoms with Crippen molar-refractivity contribution in [2.24, 2.45) is 0 Å². The van der Waals surface area contributed by atoms with Crippen molar-refractivity contribution in [3.63, 3.8) is 0 Å². The van der Waals surface area contributed by atoms with Gasteiger partial charge in [0.25, 0.3) is 0 Å². The molecule has 4 heteroatoms. The predicted octanol–water partition coefficient (Wildman–Crippen LogP) is 3.41. The highest BCUT2D eigenvalue weighted by Gasteiger charge is 2.11. The van der Waals surface area contributed by atoms with Crippen LogP contribution in [-0.4, -0.2) is 11.6 Å². The smallest absolute Gasteiger partial charge is 0.319 e. The van der Waals surface area contributed by atoms with Gasteiger partial charge in [0.05, 0.1) is 0 Å². The molecule has 1 aromatic rings. The molecule has 2 amide bonds. The highest BCUT2D eigenvalue weighted by Crippen LogP contribution is 2.10. The average Bonchev–Trinajstić information content (AvgIpc) is 2.18. The Morgan fingerprint density at radius 1 is 1.24 bits per heavy atom. The second-order valence-corrected chi connectivity index (χ2v) is 5.17. The number of urea groups is 1. The van der Waals surface area contributed by atoms with E-state index in [1.807, 2.05) is 32.9 Å². The summed E-state index contributed by atoms with van der Waals surface area (Å²) in [4.78, 5) is 11.4. The Morgan fingerprint density at radius 3 is 2.35 bits per heavy atom. The van der Waals surface area contributed by atoms with Crippen LogP contribution in [0.25, 0.3) is 6.08 Å². The lowest BCUT2D eigenvalue weighted by molar-refractivity contribution is 0.235. The molecule has 0 unspecified atom stereocenters. The number of benzene rings is 1. The quantitative estimate of drug-likeness (QED) is 0.832. The van der Waals surface area contributed by atoms with Crippen molar-refractivity contribution in [3.8, 4) is 0 Å². The maximum absolute atomic E-state index is 11.4.